The third-order valence-electron chi connectivity index (χ3n) is 15.8. The van der Waals surface area contributed by atoms with Crippen LogP contribution in [0.15, 0.2) is 72.0 Å². The number of aromatic nitrogens is 5. The van der Waals surface area contributed by atoms with Gasteiger partial charge in [-0.3, -0.25) is 48.2 Å². The molecule has 5 fully saturated rings. The highest BCUT2D eigenvalue weighted by Gasteiger charge is 2.42. The van der Waals surface area contributed by atoms with Crippen molar-refractivity contribution in [3.8, 4) is 5.69 Å². The van der Waals surface area contributed by atoms with E-state index in [0.29, 0.717) is 70.3 Å². The summed E-state index contributed by atoms with van der Waals surface area (Å²) < 4.78 is 11.2. The number of benzene rings is 2. The zero-order valence-electron chi connectivity index (χ0n) is 39.7. The molecule has 0 saturated carbocycles. The number of likely N-dealkylation sites (tertiary alicyclic amines) is 1. The minimum absolute atomic E-state index is 0.103. The molecule has 1 unspecified atom stereocenters. The molecule has 1 atom stereocenters. The number of pyridine rings is 1. The number of rotatable bonds is 12. The maximum absolute atomic E-state index is 14.0. The molecule has 362 valence electrons. The molecule has 2 aromatic carbocycles. The van der Waals surface area contributed by atoms with E-state index in [2.05, 4.69) is 66.3 Å². The number of nitrogens with one attached hydrogen (secondary N) is 1. The van der Waals surface area contributed by atoms with E-state index in [1.807, 2.05) is 53.2 Å². The summed E-state index contributed by atoms with van der Waals surface area (Å²) in [6.07, 6.45) is 9.13. The van der Waals surface area contributed by atoms with Gasteiger partial charge in [-0.1, -0.05) is 18.2 Å². The van der Waals surface area contributed by atoms with Crippen molar-refractivity contribution in [2.75, 3.05) is 96.7 Å². The molecule has 3 aromatic heterocycles. The second kappa shape index (κ2) is 18.6. The first kappa shape index (κ1) is 45.2. The molecule has 4 amide bonds. The van der Waals surface area contributed by atoms with Crippen LogP contribution in [0, 0.1) is 12.8 Å². The van der Waals surface area contributed by atoms with Crippen molar-refractivity contribution in [1.29, 1.82) is 0 Å². The number of piperidine rings is 2. The van der Waals surface area contributed by atoms with Crippen LogP contribution in [0.3, 0.4) is 0 Å². The van der Waals surface area contributed by atoms with E-state index in [9.17, 15) is 24.0 Å². The zero-order chi connectivity index (χ0) is 47.4. The van der Waals surface area contributed by atoms with Crippen molar-refractivity contribution in [1.82, 2.24) is 53.5 Å². The van der Waals surface area contributed by atoms with Gasteiger partial charge in [0.2, 0.25) is 17.7 Å². The van der Waals surface area contributed by atoms with Gasteiger partial charge < -0.3 is 24.0 Å². The summed E-state index contributed by atoms with van der Waals surface area (Å²) in [5, 5.41) is 10.8. The lowest BCUT2D eigenvalue weighted by Crippen LogP contribution is -2.52. The van der Waals surface area contributed by atoms with Gasteiger partial charge in [0, 0.05) is 121 Å². The predicted molar refractivity (Wildman–Crippen MR) is 257 cm³/mol. The molecule has 6 aliphatic heterocycles. The minimum Gasteiger partial charge on any atom is -0.379 e. The average molecular weight is 939 g/mol. The van der Waals surface area contributed by atoms with E-state index in [-0.39, 0.29) is 41.2 Å². The number of aryl methyl sites for hydroxylation is 2. The largest absolute Gasteiger partial charge is 0.379 e. The number of carbonyl (C=O) groups is 4. The number of hydrogen-bond donors (Lipinski definition) is 1. The molecule has 0 spiro atoms. The summed E-state index contributed by atoms with van der Waals surface area (Å²) in [6.45, 7) is 14.5. The van der Waals surface area contributed by atoms with E-state index < -0.39 is 6.04 Å². The van der Waals surface area contributed by atoms with E-state index in [1.54, 1.807) is 20.2 Å². The highest BCUT2D eigenvalue weighted by Crippen LogP contribution is 2.37. The Kier molecular flexibility index (Phi) is 12.2. The predicted octanol–water partition coefficient (Wildman–Crippen LogP) is 1.98. The molecule has 9 heterocycles. The summed E-state index contributed by atoms with van der Waals surface area (Å²) in [5.41, 5.74) is 7.30. The summed E-state index contributed by atoms with van der Waals surface area (Å²) in [4.78, 5) is 78.2. The first-order valence-corrected chi connectivity index (χ1v) is 24.7. The Morgan fingerprint density at radius 2 is 1.62 bits per heavy atom. The topological polar surface area (TPSA) is 166 Å². The van der Waals surface area contributed by atoms with Crippen LogP contribution in [0.4, 0.5) is 5.69 Å². The SMILES string of the molecule is Cc1cc(CN2CCN(C(=O)CN3CCC(CN4CCN(c5ccc6c(c5)CN(C5CCC(=O)NC5=O)C6=O)CC4)CC3)CC2)cn2c(=O)n(-c3cccc(C4(Cc5nncn5C)COC4)c3)cc12. The van der Waals surface area contributed by atoms with Crippen LogP contribution in [0.1, 0.15) is 64.1 Å². The first-order chi connectivity index (χ1) is 33.5. The summed E-state index contributed by atoms with van der Waals surface area (Å²) in [6, 6.07) is 15.8. The lowest BCUT2D eigenvalue weighted by atomic mass is 9.75. The van der Waals surface area contributed by atoms with E-state index in [0.717, 1.165) is 117 Å². The van der Waals surface area contributed by atoms with Gasteiger partial charge in [0.15, 0.2) is 0 Å². The Labute approximate surface area is 401 Å². The Hall–Kier alpha value is -6.21. The van der Waals surface area contributed by atoms with Gasteiger partial charge in [-0.25, -0.2) is 4.79 Å². The number of imidazole rings is 1. The Morgan fingerprint density at radius 3 is 2.35 bits per heavy atom. The Morgan fingerprint density at radius 1 is 0.841 bits per heavy atom. The number of imide groups is 1. The van der Waals surface area contributed by atoms with Crippen molar-refractivity contribution < 1.29 is 23.9 Å². The standard InChI is InChI=1S/C51H62N12O6/c1-35-22-37(28-63-44(35)30-61(50(63)68)41-5-3-4-39(24-41)51(32-69-33-51)25-45-54-52-34-55(45)2)27-58-16-20-60(21-17-58)47(65)31-56-12-10-36(11-13-56)26-57-14-18-59(19-15-57)40-6-7-42-38(23-40)29-62(49(42)67)43-8-9-46(64)53-48(43)66/h3-7,22-24,28,30,34,36,43H,8-21,25-27,29,31-33H2,1-2H3,(H,53,64,66). The highest BCUT2D eigenvalue weighted by atomic mass is 16.5. The molecule has 11 rings (SSSR count). The van der Waals surface area contributed by atoms with Crippen LogP contribution in [0.25, 0.3) is 11.2 Å². The smallest absolute Gasteiger partial charge is 0.337 e. The molecule has 0 bridgehead atoms. The van der Waals surface area contributed by atoms with E-state index in [4.69, 9.17) is 4.74 Å². The van der Waals surface area contributed by atoms with E-state index >= 15 is 0 Å². The Balaban J connectivity index is 0.622. The number of fused-ring (bicyclic) bond motifs is 2. The number of carbonyl (C=O) groups excluding carboxylic acids is 4. The summed E-state index contributed by atoms with van der Waals surface area (Å²) in [5.74, 6) is 0.918. The Bertz CT molecular complexity index is 2840. The quantitative estimate of drug-likeness (QED) is 0.181. The second-order valence-electron chi connectivity index (χ2n) is 20.3. The maximum Gasteiger partial charge on any atom is 0.337 e. The number of hydrogen-bond acceptors (Lipinski definition) is 12. The molecule has 6 aliphatic rings. The second-order valence-corrected chi connectivity index (χ2v) is 20.3. The molecule has 18 heteroatoms. The molecule has 0 aliphatic carbocycles. The zero-order valence-corrected chi connectivity index (χ0v) is 39.7. The third-order valence-corrected chi connectivity index (χ3v) is 15.8. The lowest BCUT2D eigenvalue weighted by Gasteiger charge is -2.41. The van der Waals surface area contributed by atoms with Crippen molar-refractivity contribution in [3.05, 3.63) is 111 Å². The number of amides is 4. The van der Waals surface area contributed by atoms with Gasteiger partial charge in [-0.15, -0.1) is 10.2 Å². The third kappa shape index (κ3) is 8.99. The van der Waals surface area contributed by atoms with Crippen LogP contribution < -0.4 is 15.9 Å². The normalized spacial score (nSPS) is 21.8. The van der Waals surface area contributed by atoms with Gasteiger partial charge >= 0.3 is 5.69 Å². The van der Waals surface area contributed by atoms with Crippen LogP contribution in [0.2, 0.25) is 0 Å². The fourth-order valence-corrected chi connectivity index (χ4v) is 11.5. The number of anilines is 1. The number of piperazine rings is 2. The molecule has 5 aromatic rings. The van der Waals surface area contributed by atoms with Crippen molar-refractivity contribution in [3.63, 3.8) is 0 Å². The van der Waals surface area contributed by atoms with Crippen molar-refractivity contribution >= 4 is 34.8 Å². The van der Waals surface area contributed by atoms with Gasteiger partial charge in [0.25, 0.3) is 5.91 Å². The first-order valence-electron chi connectivity index (χ1n) is 24.7. The fourth-order valence-electron chi connectivity index (χ4n) is 11.5. The average Bonchev–Trinajstić information content (AvgIpc) is 4.01. The molecule has 18 nitrogen and oxygen atoms in total. The maximum atomic E-state index is 14.0. The summed E-state index contributed by atoms with van der Waals surface area (Å²) >= 11 is 0. The molecule has 5 saturated heterocycles. The monoisotopic (exact) mass is 938 g/mol. The van der Waals surface area contributed by atoms with Gasteiger partial charge in [0.1, 0.15) is 18.2 Å². The van der Waals surface area contributed by atoms with Gasteiger partial charge in [-0.2, -0.15) is 0 Å². The molecule has 69 heavy (non-hydrogen) atoms. The lowest BCUT2D eigenvalue weighted by molar-refractivity contribution is -0.137. The fraction of sp³-hybridized carbons (Fsp3) is 0.510. The van der Waals surface area contributed by atoms with Gasteiger partial charge in [0.05, 0.1) is 31.0 Å². The molecule has 0 radical (unpaired) electrons. The molecule has 1 N–H and O–H groups in total. The van der Waals surface area contributed by atoms with Crippen LogP contribution in [-0.2, 0) is 51.1 Å². The van der Waals surface area contributed by atoms with E-state index in [1.165, 1.54) is 0 Å². The van der Waals surface area contributed by atoms with Gasteiger partial charge in [-0.05, 0) is 97.8 Å². The van der Waals surface area contributed by atoms with Crippen LogP contribution in [-0.4, -0.2) is 170 Å². The van der Waals surface area contributed by atoms with Crippen molar-refractivity contribution in [2.45, 2.75) is 63.6 Å². The number of nitrogens with zero attached hydrogens (tertiary/aromatic N) is 11. The van der Waals surface area contributed by atoms with Crippen molar-refractivity contribution in [2.24, 2.45) is 13.0 Å². The van der Waals surface area contributed by atoms with Crippen LogP contribution >= 0.6 is 0 Å². The summed E-state index contributed by atoms with van der Waals surface area (Å²) in [7, 11) is 1.95. The highest BCUT2D eigenvalue weighted by molar-refractivity contribution is 6.05. The number of ether oxygens (including phenoxy) is 1. The van der Waals surface area contributed by atoms with Crippen LogP contribution in [0.5, 0.6) is 0 Å². The molecular weight excluding hydrogens is 877 g/mol. The molecular formula is C51H62N12O6. The minimum atomic E-state index is -0.606.